The first-order valence-electron chi connectivity index (χ1n) is 9.30. The Morgan fingerprint density at radius 2 is 2.13 bits per heavy atom. The maximum Gasteiger partial charge on any atom is 0.277 e. The van der Waals surface area contributed by atoms with Crippen LogP contribution in [0.25, 0.3) is 0 Å². The van der Waals surface area contributed by atoms with Gasteiger partial charge in [-0.15, -0.1) is 11.3 Å². The molecule has 1 aliphatic heterocycles. The lowest BCUT2D eigenvalue weighted by molar-refractivity contribution is -0.384. The number of nitrogens with zero attached hydrogens (tertiary/aromatic N) is 5. The van der Waals surface area contributed by atoms with Crippen molar-refractivity contribution in [3.05, 3.63) is 69.2 Å². The van der Waals surface area contributed by atoms with Crippen LogP contribution in [0.2, 0.25) is 0 Å². The molecule has 31 heavy (non-hydrogen) atoms. The third kappa shape index (κ3) is 5.05. The number of nitro groups is 1. The molecule has 0 saturated carbocycles. The van der Waals surface area contributed by atoms with Crippen LogP contribution in [0.5, 0.6) is 0 Å². The Labute approximate surface area is 180 Å². The van der Waals surface area contributed by atoms with E-state index in [1.165, 1.54) is 48.1 Å². The second-order valence-corrected chi connectivity index (χ2v) is 7.83. The number of rotatable bonds is 6. The standard InChI is InChI=1S/C19H17N7O4S/c27-17(22-12-2-1-3-13(8-12)26(29)30)11-25-7-4-14-16(10-25)31-19(23-14)24-18(28)15-9-20-5-6-21-15/h1-3,5-6,8-9H,4,7,10-11H2,(H,22,27)(H,23,24,28). The van der Waals surface area contributed by atoms with Crippen molar-refractivity contribution in [2.75, 3.05) is 23.7 Å². The Kier molecular flexibility index (Phi) is 5.91. The maximum absolute atomic E-state index is 12.4. The smallest absolute Gasteiger partial charge is 0.277 e. The molecule has 2 aromatic heterocycles. The fourth-order valence-corrected chi connectivity index (χ4v) is 4.16. The van der Waals surface area contributed by atoms with Gasteiger partial charge in [-0.1, -0.05) is 6.07 Å². The molecule has 0 radical (unpaired) electrons. The third-order valence-electron chi connectivity index (χ3n) is 4.53. The molecule has 2 N–H and O–H groups in total. The number of nitro benzene ring substituents is 1. The number of benzene rings is 1. The van der Waals surface area contributed by atoms with Gasteiger partial charge in [-0.25, -0.2) is 9.97 Å². The summed E-state index contributed by atoms with van der Waals surface area (Å²) in [6, 6.07) is 5.82. The summed E-state index contributed by atoms with van der Waals surface area (Å²) < 4.78 is 0. The number of hydrogen-bond acceptors (Lipinski definition) is 9. The Bertz CT molecular complexity index is 1140. The number of nitrogens with one attached hydrogen (secondary N) is 2. The minimum absolute atomic E-state index is 0.0823. The normalized spacial score (nSPS) is 13.3. The third-order valence-corrected chi connectivity index (χ3v) is 5.53. The van der Waals surface area contributed by atoms with Crippen LogP contribution in [0.4, 0.5) is 16.5 Å². The van der Waals surface area contributed by atoms with Gasteiger partial charge in [-0.05, 0) is 6.07 Å². The van der Waals surface area contributed by atoms with Crippen LogP contribution in [-0.2, 0) is 17.8 Å². The van der Waals surface area contributed by atoms with Crippen molar-refractivity contribution in [3.8, 4) is 0 Å². The van der Waals surface area contributed by atoms with Gasteiger partial charge in [0, 0.05) is 54.6 Å². The molecule has 0 atom stereocenters. The number of anilines is 2. The molecule has 11 nitrogen and oxygen atoms in total. The van der Waals surface area contributed by atoms with E-state index >= 15 is 0 Å². The van der Waals surface area contributed by atoms with Crippen LogP contribution >= 0.6 is 11.3 Å². The summed E-state index contributed by atoms with van der Waals surface area (Å²) in [5.41, 5.74) is 1.40. The zero-order chi connectivity index (χ0) is 21.8. The number of non-ortho nitro benzene ring substituents is 1. The Hall–Kier alpha value is -3.77. The Morgan fingerprint density at radius 1 is 1.26 bits per heavy atom. The van der Waals surface area contributed by atoms with Gasteiger partial charge in [0.25, 0.3) is 11.6 Å². The summed E-state index contributed by atoms with van der Waals surface area (Å²) in [7, 11) is 0. The van der Waals surface area contributed by atoms with Gasteiger partial charge in [0.2, 0.25) is 5.91 Å². The van der Waals surface area contributed by atoms with Gasteiger partial charge in [-0.3, -0.25) is 34.9 Å². The summed E-state index contributed by atoms with van der Waals surface area (Å²) >= 11 is 1.36. The van der Waals surface area contributed by atoms with Crippen molar-refractivity contribution < 1.29 is 14.5 Å². The van der Waals surface area contributed by atoms with E-state index in [4.69, 9.17) is 0 Å². The van der Waals surface area contributed by atoms with Gasteiger partial charge in [-0.2, -0.15) is 0 Å². The van der Waals surface area contributed by atoms with E-state index < -0.39 is 4.92 Å². The van der Waals surface area contributed by atoms with Crippen LogP contribution in [0.1, 0.15) is 21.1 Å². The van der Waals surface area contributed by atoms with Gasteiger partial charge in [0.05, 0.1) is 23.4 Å². The van der Waals surface area contributed by atoms with Crippen molar-refractivity contribution >= 4 is 39.7 Å². The molecule has 3 heterocycles. The quantitative estimate of drug-likeness (QED) is 0.439. The number of carbonyl (C=O) groups is 2. The first kappa shape index (κ1) is 20.5. The van der Waals surface area contributed by atoms with Gasteiger partial charge in [0.1, 0.15) is 5.69 Å². The zero-order valence-corrected chi connectivity index (χ0v) is 17.0. The first-order valence-corrected chi connectivity index (χ1v) is 10.1. The molecule has 4 rings (SSSR count). The molecule has 3 aromatic rings. The highest BCUT2D eigenvalue weighted by molar-refractivity contribution is 7.15. The van der Waals surface area contributed by atoms with Crippen molar-refractivity contribution in [2.24, 2.45) is 0 Å². The second-order valence-electron chi connectivity index (χ2n) is 6.75. The summed E-state index contributed by atoms with van der Waals surface area (Å²) in [6.07, 6.45) is 4.96. The molecular weight excluding hydrogens is 422 g/mol. The summed E-state index contributed by atoms with van der Waals surface area (Å²) in [5.74, 6) is -0.642. The maximum atomic E-state index is 12.4. The number of aromatic nitrogens is 3. The fraction of sp³-hybridized carbons (Fsp3) is 0.211. The van der Waals surface area contributed by atoms with E-state index in [1.54, 1.807) is 6.07 Å². The number of hydrogen-bond donors (Lipinski definition) is 2. The first-order chi connectivity index (χ1) is 15.0. The molecule has 0 bridgehead atoms. The zero-order valence-electron chi connectivity index (χ0n) is 16.1. The van der Waals surface area contributed by atoms with Gasteiger partial charge in [0.15, 0.2) is 5.13 Å². The number of thiazole rings is 1. The van der Waals surface area contributed by atoms with E-state index in [9.17, 15) is 19.7 Å². The molecule has 0 saturated heterocycles. The van der Waals surface area contributed by atoms with Crippen LogP contribution in [-0.4, -0.2) is 49.7 Å². The largest absolute Gasteiger partial charge is 0.325 e. The van der Waals surface area contributed by atoms with Crippen LogP contribution in [0.3, 0.4) is 0 Å². The highest BCUT2D eigenvalue weighted by Gasteiger charge is 2.23. The van der Waals surface area contributed by atoms with Crippen molar-refractivity contribution in [3.63, 3.8) is 0 Å². The second kappa shape index (κ2) is 8.93. The van der Waals surface area contributed by atoms with E-state index in [0.29, 0.717) is 30.3 Å². The molecule has 12 heteroatoms. The summed E-state index contributed by atoms with van der Waals surface area (Å²) in [6.45, 7) is 1.30. The molecule has 1 aromatic carbocycles. The summed E-state index contributed by atoms with van der Waals surface area (Å²) in [5, 5.41) is 16.8. The number of carbonyl (C=O) groups excluding carboxylic acids is 2. The molecule has 0 fully saturated rings. The summed E-state index contributed by atoms with van der Waals surface area (Å²) in [4.78, 5) is 50.2. The minimum Gasteiger partial charge on any atom is -0.325 e. The minimum atomic E-state index is -0.508. The SMILES string of the molecule is O=C(CN1CCc2nc(NC(=O)c3cnccn3)sc2C1)Nc1cccc([N+](=O)[O-])c1. The average Bonchev–Trinajstić information content (AvgIpc) is 3.16. The Balaban J connectivity index is 1.35. The molecule has 158 valence electrons. The molecule has 0 spiro atoms. The average molecular weight is 439 g/mol. The molecule has 1 aliphatic rings. The van der Waals surface area contributed by atoms with Gasteiger partial charge >= 0.3 is 0 Å². The van der Waals surface area contributed by atoms with E-state index in [-0.39, 0.29) is 29.7 Å². The lowest BCUT2D eigenvalue weighted by Gasteiger charge is -2.25. The lowest BCUT2D eigenvalue weighted by atomic mass is 10.2. The van der Waals surface area contributed by atoms with E-state index in [2.05, 4.69) is 25.6 Å². The molecule has 0 aliphatic carbocycles. The molecule has 0 unspecified atom stereocenters. The fourth-order valence-electron chi connectivity index (χ4n) is 3.12. The Morgan fingerprint density at radius 3 is 2.90 bits per heavy atom. The van der Waals surface area contributed by atoms with Crippen LogP contribution < -0.4 is 10.6 Å². The predicted molar refractivity (Wildman–Crippen MR) is 113 cm³/mol. The van der Waals surface area contributed by atoms with Crippen molar-refractivity contribution in [1.82, 2.24) is 19.9 Å². The van der Waals surface area contributed by atoms with Crippen molar-refractivity contribution in [2.45, 2.75) is 13.0 Å². The topological polar surface area (TPSA) is 143 Å². The molecular formula is C19H17N7O4S. The molecule has 2 amide bonds. The van der Waals surface area contributed by atoms with Crippen molar-refractivity contribution in [1.29, 1.82) is 0 Å². The number of fused-ring (bicyclic) bond motifs is 1. The highest BCUT2D eigenvalue weighted by Crippen LogP contribution is 2.28. The van der Waals surface area contributed by atoms with Gasteiger partial charge < -0.3 is 5.32 Å². The van der Waals surface area contributed by atoms with E-state index in [0.717, 1.165) is 10.6 Å². The predicted octanol–water partition coefficient (Wildman–Crippen LogP) is 2.09. The van der Waals surface area contributed by atoms with E-state index in [1.807, 2.05) is 4.90 Å². The lowest BCUT2D eigenvalue weighted by Crippen LogP contribution is -2.36. The number of amides is 2. The monoisotopic (exact) mass is 439 g/mol. The van der Waals surface area contributed by atoms with Crippen LogP contribution in [0, 0.1) is 10.1 Å². The highest BCUT2D eigenvalue weighted by atomic mass is 32.1. The van der Waals surface area contributed by atoms with Crippen LogP contribution in [0.15, 0.2) is 42.9 Å².